The van der Waals surface area contributed by atoms with E-state index in [9.17, 15) is 13.2 Å². The highest BCUT2D eigenvalue weighted by Crippen LogP contribution is 2.30. The summed E-state index contributed by atoms with van der Waals surface area (Å²) < 4.78 is 44.9. The van der Waals surface area contributed by atoms with Crippen molar-refractivity contribution in [3.05, 3.63) is 22.7 Å². The van der Waals surface area contributed by atoms with Crippen molar-refractivity contribution in [2.45, 2.75) is 6.18 Å². The molecule has 0 heterocycles. The summed E-state index contributed by atoms with van der Waals surface area (Å²) in [6.45, 7) is -1.82. The Kier molecular flexibility index (Phi) is 4.43. The minimum Gasteiger partial charge on any atom is -0.466 e. The predicted octanol–water partition coefficient (Wildman–Crippen LogP) is 2.95. The van der Waals surface area contributed by atoms with Gasteiger partial charge < -0.3 is 15.2 Å². The minimum atomic E-state index is -4.35. The maximum Gasteiger partial charge on any atom is 0.411 e. The van der Waals surface area contributed by atoms with E-state index >= 15 is 0 Å². The molecule has 2 N–H and O–H groups in total. The summed E-state index contributed by atoms with van der Waals surface area (Å²) in [5.41, 5.74) is 5.98. The van der Waals surface area contributed by atoms with Crippen molar-refractivity contribution < 1.29 is 22.6 Å². The van der Waals surface area contributed by atoms with Crippen LogP contribution >= 0.6 is 15.9 Å². The molecule has 90 valence electrons. The molecule has 0 amide bonds. The Morgan fingerprint density at radius 2 is 2.00 bits per heavy atom. The molecule has 1 rings (SSSR count). The Bertz CT molecular complexity index is 357. The molecule has 0 fully saturated rings. The van der Waals surface area contributed by atoms with Gasteiger partial charge in [0.25, 0.3) is 0 Å². The topological polar surface area (TPSA) is 44.5 Å². The number of ether oxygens (including phenoxy) is 2. The summed E-state index contributed by atoms with van der Waals surface area (Å²) >= 11 is 3.14. The van der Waals surface area contributed by atoms with E-state index in [1.165, 1.54) is 0 Å². The van der Waals surface area contributed by atoms with Crippen LogP contribution in [0, 0.1) is 0 Å². The average Bonchev–Trinajstić information content (AvgIpc) is 2.17. The lowest BCUT2D eigenvalue weighted by Gasteiger charge is -2.11. The van der Waals surface area contributed by atoms with Gasteiger partial charge >= 0.3 is 6.18 Å². The Balaban J connectivity index is 2.41. The van der Waals surface area contributed by atoms with Gasteiger partial charge in [-0.05, 0) is 28.1 Å². The zero-order chi connectivity index (χ0) is 12.2. The third kappa shape index (κ3) is 4.28. The highest BCUT2D eigenvalue weighted by molar-refractivity contribution is 9.10. The summed E-state index contributed by atoms with van der Waals surface area (Å²) in [6, 6.07) is 4.82. The van der Waals surface area contributed by atoms with Gasteiger partial charge in [-0.1, -0.05) is 6.07 Å². The number of rotatable bonds is 4. The molecular formula is C9H9BrF3NO2. The first-order valence-electron chi connectivity index (χ1n) is 4.21. The van der Waals surface area contributed by atoms with Crippen LogP contribution in [0.4, 0.5) is 18.9 Å². The summed E-state index contributed by atoms with van der Waals surface area (Å²) in [5, 5.41) is 0. The smallest absolute Gasteiger partial charge is 0.411 e. The fourth-order valence-electron chi connectivity index (χ4n) is 0.902. The first kappa shape index (κ1) is 13.1. The monoisotopic (exact) mass is 299 g/mol. The zero-order valence-electron chi connectivity index (χ0n) is 8.05. The quantitative estimate of drug-likeness (QED) is 0.528. The summed E-state index contributed by atoms with van der Waals surface area (Å²) in [4.78, 5) is 0. The van der Waals surface area contributed by atoms with Gasteiger partial charge in [-0.25, -0.2) is 0 Å². The van der Waals surface area contributed by atoms with E-state index in [1.807, 2.05) is 0 Å². The van der Waals surface area contributed by atoms with Crippen molar-refractivity contribution in [3.8, 4) is 5.75 Å². The predicted molar refractivity (Wildman–Crippen MR) is 56.1 cm³/mol. The van der Waals surface area contributed by atoms with Crippen molar-refractivity contribution in [2.75, 3.05) is 19.1 Å². The molecule has 1 aromatic carbocycles. The molecule has 0 spiro atoms. The Morgan fingerprint density at radius 3 is 2.62 bits per heavy atom. The number of hydrogen-bond acceptors (Lipinski definition) is 3. The van der Waals surface area contributed by atoms with Crippen LogP contribution in [0.25, 0.3) is 0 Å². The van der Waals surface area contributed by atoms with Crippen LogP contribution in [0.1, 0.15) is 0 Å². The molecule has 0 aromatic heterocycles. The van der Waals surface area contributed by atoms with E-state index in [-0.39, 0.29) is 0 Å². The first-order chi connectivity index (χ1) is 7.40. The van der Waals surface area contributed by atoms with Crippen molar-refractivity contribution in [3.63, 3.8) is 0 Å². The third-order valence-corrected chi connectivity index (χ3v) is 2.41. The van der Waals surface area contributed by atoms with Gasteiger partial charge in [-0.3, -0.25) is 0 Å². The number of halogens is 4. The summed E-state index contributed by atoms with van der Waals surface area (Å²) in [5.74, 6) is 0.335. The van der Waals surface area contributed by atoms with Crippen molar-refractivity contribution in [1.29, 1.82) is 0 Å². The molecule has 0 aliphatic heterocycles. The van der Waals surface area contributed by atoms with Crippen LogP contribution in [0.2, 0.25) is 0 Å². The maximum absolute atomic E-state index is 11.7. The van der Waals surface area contributed by atoms with Crippen LogP contribution in [0.3, 0.4) is 0 Å². The van der Waals surface area contributed by atoms with E-state index in [0.29, 0.717) is 15.9 Å². The SMILES string of the molecule is Nc1cccc(OCOCC(F)(F)F)c1Br. The second kappa shape index (κ2) is 5.40. The van der Waals surface area contributed by atoms with Gasteiger partial charge in [0, 0.05) is 5.69 Å². The molecule has 0 aliphatic carbocycles. The van der Waals surface area contributed by atoms with Crippen LogP contribution in [0.15, 0.2) is 22.7 Å². The van der Waals surface area contributed by atoms with E-state index < -0.39 is 19.6 Å². The highest BCUT2D eigenvalue weighted by Gasteiger charge is 2.27. The summed E-state index contributed by atoms with van der Waals surface area (Å²) in [6.07, 6.45) is -4.35. The number of alkyl halides is 3. The minimum absolute atomic E-state index is 0.335. The molecular weight excluding hydrogens is 291 g/mol. The van der Waals surface area contributed by atoms with E-state index in [2.05, 4.69) is 20.7 Å². The molecule has 0 unspecified atom stereocenters. The van der Waals surface area contributed by atoms with Gasteiger partial charge in [0.1, 0.15) is 12.4 Å². The van der Waals surface area contributed by atoms with Crippen LogP contribution in [-0.2, 0) is 4.74 Å². The van der Waals surface area contributed by atoms with Crippen LogP contribution in [0.5, 0.6) is 5.75 Å². The second-order valence-corrected chi connectivity index (χ2v) is 3.68. The third-order valence-electron chi connectivity index (χ3n) is 1.56. The van der Waals surface area contributed by atoms with E-state index in [4.69, 9.17) is 10.5 Å². The number of benzene rings is 1. The molecule has 0 aliphatic rings. The standard InChI is InChI=1S/C9H9BrF3NO2/c10-8-6(14)2-1-3-7(8)16-5-15-4-9(11,12)13/h1-3H,4-5,14H2. The molecule has 0 bridgehead atoms. The summed E-state index contributed by atoms with van der Waals surface area (Å²) in [7, 11) is 0. The van der Waals surface area contributed by atoms with E-state index in [1.54, 1.807) is 18.2 Å². The van der Waals surface area contributed by atoms with E-state index in [0.717, 1.165) is 0 Å². The Morgan fingerprint density at radius 1 is 1.31 bits per heavy atom. The van der Waals surface area contributed by atoms with Crippen molar-refractivity contribution >= 4 is 21.6 Å². The molecule has 0 saturated carbocycles. The lowest BCUT2D eigenvalue weighted by atomic mass is 10.3. The average molecular weight is 300 g/mol. The largest absolute Gasteiger partial charge is 0.466 e. The Hall–Kier alpha value is -0.950. The number of nitrogen functional groups attached to an aromatic ring is 1. The van der Waals surface area contributed by atoms with Gasteiger partial charge in [-0.2, -0.15) is 13.2 Å². The zero-order valence-corrected chi connectivity index (χ0v) is 9.64. The van der Waals surface area contributed by atoms with Gasteiger partial charge in [0.2, 0.25) is 0 Å². The van der Waals surface area contributed by atoms with Gasteiger partial charge in [0.15, 0.2) is 6.79 Å². The maximum atomic E-state index is 11.7. The fraction of sp³-hybridized carbons (Fsp3) is 0.333. The highest BCUT2D eigenvalue weighted by atomic mass is 79.9. The van der Waals surface area contributed by atoms with Crippen LogP contribution in [-0.4, -0.2) is 19.6 Å². The molecule has 0 saturated heterocycles. The molecule has 0 atom stereocenters. The number of nitrogens with two attached hydrogens (primary N) is 1. The fourth-order valence-corrected chi connectivity index (χ4v) is 1.28. The molecule has 7 heteroatoms. The van der Waals surface area contributed by atoms with Crippen molar-refractivity contribution in [1.82, 2.24) is 0 Å². The lowest BCUT2D eigenvalue weighted by molar-refractivity contribution is -0.186. The lowest BCUT2D eigenvalue weighted by Crippen LogP contribution is -2.19. The van der Waals surface area contributed by atoms with Crippen LogP contribution < -0.4 is 10.5 Å². The number of hydrogen-bond donors (Lipinski definition) is 1. The van der Waals surface area contributed by atoms with Gasteiger partial charge in [0.05, 0.1) is 4.47 Å². The Labute approximate surface area is 98.5 Å². The number of anilines is 1. The molecule has 3 nitrogen and oxygen atoms in total. The van der Waals surface area contributed by atoms with Crippen molar-refractivity contribution in [2.24, 2.45) is 0 Å². The first-order valence-corrected chi connectivity index (χ1v) is 5.01. The molecule has 0 radical (unpaired) electrons. The molecule has 1 aromatic rings. The molecule has 16 heavy (non-hydrogen) atoms. The second-order valence-electron chi connectivity index (χ2n) is 2.89. The van der Waals surface area contributed by atoms with Gasteiger partial charge in [-0.15, -0.1) is 0 Å². The normalized spacial score (nSPS) is 11.5.